The lowest BCUT2D eigenvalue weighted by Crippen LogP contribution is -2.08. The van der Waals surface area contributed by atoms with Crippen molar-refractivity contribution in [2.24, 2.45) is 0 Å². The largest absolute Gasteiger partial charge is 0.318 e. The van der Waals surface area contributed by atoms with Crippen LogP contribution >= 0.6 is 0 Å². The van der Waals surface area contributed by atoms with Gasteiger partial charge in [-0.2, -0.15) is 0 Å². The Kier molecular flexibility index (Phi) is 8.72. The summed E-state index contributed by atoms with van der Waals surface area (Å²) in [5.74, 6) is 0.265. The van der Waals surface area contributed by atoms with E-state index in [4.69, 9.17) is 0 Å². The minimum absolute atomic E-state index is 0.265. The zero-order valence-electron chi connectivity index (χ0n) is 24.3. The Morgan fingerprint density at radius 3 is 1.19 bits per heavy atom. The van der Waals surface area contributed by atoms with Crippen LogP contribution in [0.25, 0.3) is 33.4 Å². The van der Waals surface area contributed by atoms with Gasteiger partial charge in [0.2, 0.25) is 0 Å². The highest BCUT2D eigenvalue weighted by molar-refractivity contribution is 5.75. The van der Waals surface area contributed by atoms with Crippen molar-refractivity contribution in [2.45, 2.75) is 12.3 Å². The minimum atomic E-state index is 0.265. The van der Waals surface area contributed by atoms with E-state index in [1.807, 2.05) is 6.08 Å². The molecule has 0 heterocycles. The summed E-state index contributed by atoms with van der Waals surface area (Å²) in [5, 5.41) is 0. The van der Waals surface area contributed by atoms with Crippen molar-refractivity contribution >= 4 is 11.4 Å². The number of hydrogen-bond donors (Lipinski definition) is 0. The second-order valence-electron chi connectivity index (χ2n) is 10.6. The van der Waals surface area contributed by atoms with Crippen molar-refractivity contribution in [3.8, 4) is 33.4 Å². The van der Waals surface area contributed by atoms with Gasteiger partial charge in [0.25, 0.3) is 0 Å². The molecule has 1 atom stereocenters. The maximum Gasteiger partial charge on any atom is 0.0455 e. The minimum Gasteiger partial charge on any atom is -0.318 e. The molecule has 0 amide bonds. The monoisotopic (exact) mass is 553 g/mol. The fourth-order valence-corrected chi connectivity index (χ4v) is 5.45. The van der Waals surface area contributed by atoms with E-state index in [0.717, 1.165) is 17.8 Å². The number of hydrogen-bond acceptors (Lipinski definition) is 1. The van der Waals surface area contributed by atoms with Gasteiger partial charge in [0.05, 0.1) is 0 Å². The predicted octanol–water partition coefficient (Wildman–Crippen LogP) is 11.7. The Balaban J connectivity index is 1.27. The fourth-order valence-electron chi connectivity index (χ4n) is 5.45. The molecule has 6 aromatic rings. The molecular weight excluding hydrogens is 518 g/mol. The van der Waals surface area contributed by atoms with Crippen molar-refractivity contribution in [2.75, 3.05) is 4.90 Å². The van der Waals surface area contributed by atoms with Crippen LogP contribution in [0.1, 0.15) is 17.9 Å². The van der Waals surface area contributed by atoms with Crippen molar-refractivity contribution in [3.63, 3.8) is 0 Å². The van der Waals surface area contributed by atoms with Crippen molar-refractivity contribution in [3.05, 3.63) is 194 Å². The molecule has 0 aliphatic rings. The Bertz CT molecular complexity index is 1750. The van der Waals surface area contributed by atoms with Gasteiger partial charge in [-0.05, 0) is 69.6 Å². The highest BCUT2D eigenvalue weighted by Crippen LogP contribution is 2.32. The van der Waals surface area contributed by atoms with Gasteiger partial charge in [-0.3, -0.25) is 0 Å². The van der Waals surface area contributed by atoms with E-state index < -0.39 is 0 Å². The zero-order chi connectivity index (χ0) is 29.3. The Morgan fingerprint density at radius 2 is 0.791 bits per heavy atom. The molecule has 43 heavy (non-hydrogen) atoms. The highest BCUT2D eigenvalue weighted by atomic mass is 15.1. The third kappa shape index (κ3) is 6.74. The summed E-state index contributed by atoms with van der Waals surface area (Å²) in [6.45, 7) is 4.10. The van der Waals surface area contributed by atoms with Crippen LogP contribution in [0, 0.1) is 0 Å². The molecule has 0 radical (unpaired) electrons. The smallest absolute Gasteiger partial charge is 0.0455 e. The van der Waals surface area contributed by atoms with Gasteiger partial charge in [0.15, 0.2) is 0 Å². The molecule has 0 aliphatic heterocycles. The molecule has 0 saturated carbocycles. The molecule has 1 nitrogen and oxygen atoms in total. The third-order valence-corrected chi connectivity index (χ3v) is 7.88. The van der Waals surface area contributed by atoms with Gasteiger partial charge >= 0.3 is 0 Å². The molecular formula is C42H35N. The quantitative estimate of drug-likeness (QED) is 0.153. The summed E-state index contributed by atoms with van der Waals surface area (Å²) in [5.41, 5.74) is 10.8. The van der Waals surface area contributed by atoms with E-state index in [9.17, 15) is 0 Å². The first-order valence-electron chi connectivity index (χ1n) is 14.8. The summed E-state index contributed by atoms with van der Waals surface area (Å²) < 4.78 is 0. The molecule has 0 saturated heterocycles. The maximum atomic E-state index is 4.10. The predicted molar refractivity (Wildman–Crippen MR) is 184 cm³/mol. The molecule has 6 rings (SSSR count). The number of nitrogens with zero attached hydrogens (tertiary/aromatic N) is 1. The molecule has 0 aromatic heterocycles. The topological polar surface area (TPSA) is 3.24 Å². The van der Waals surface area contributed by atoms with Gasteiger partial charge in [0.1, 0.15) is 0 Å². The van der Waals surface area contributed by atoms with E-state index >= 15 is 0 Å². The van der Waals surface area contributed by atoms with Crippen LogP contribution in [-0.4, -0.2) is 0 Å². The summed E-state index contributed by atoms with van der Waals surface area (Å²) >= 11 is 0. The molecule has 0 spiro atoms. The molecule has 0 aliphatic carbocycles. The normalized spacial score (nSPS) is 11.7. The van der Waals surface area contributed by atoms with Gasteiger partial charge in [0, 0.05) is 23.5 Å². The van der Waals surface area contributed by atoms with Gasteiger partial charge in [-0.1, -0.05) is 152 Å². The summed E-state index contributed by atoms with van der Waals surface area (Å²) in [7, 11) is 0. The van der Waals surface area contributed by atoms with E-state index in [0.29, 0.717) is 0 Å². The van der Waals surface area contributed by atoms with Crippen LogP contribution in [-0.2, 0) is 0 Å². The maximum absolute atomic E-state index is 4.10. The number of anilines is 2. The first kappa shape index (κ1) is 27.8. The van der Waals surface area contributed by atoms with E-state index in [1.165, 1.54) is 38.9 Å². The van der Waals surface area contributed by atoms with Crippen molar-refractivity contribution < 1.29 is 0 Å². The van der Waals surface area contributed by atoms with Crippen LogP contribution in [0.2, 0.25) is 0 Å². The van der Waals surface area contributed by atoms with Crippen LogP contribution in [0.5, 0.6) is 0 Å². The standard InChI is InChI=1S/C42H35N/c1-2-33(34-13-6-3-7-14-34)19-12-32-43(41-28-24-39(25-29-41)36-17-10-5-11-18-36)42-30-26-40(27-31-42)38-22-20-37(21-23-38)35-15-8-4-9-16-35/h2-18,20-33H,1,19H2/b32-12+. The second kappa shape index (κ2) is 13.5. The summed E-state index contributed by atoms with van der Waals surface area (Å²) in [4.78, 5) is 2.27. The van der Waals surface area contributed by atoms with Crippen molar-refractivity contribution in [1.82, 2.24) is 0 Å². The van der Waals surface area contributed by atoms with Gasteiger partial charge in [-0.25, -0.2) is 0 Å². The lowest BCUT2D eigenvalue weighted by Gasteiger charge is -2.22. The third-order valence-electron chi connectivity index (χ3n) is 7.88. The molecule has 208 valence electrons. The zero-order valence-corrected chi connectivity index (χ0v) is 24.3. The Labute approximate surface area is 255 Å². The summed E-state index contributed by atoms with van der Waals surface area (Å²) in [6, 6.07) is 58.0. The molecule has 1 heteroatoms. The van der Waals surface area contributed by atoms with Crippen LogP contribution in [0.15, 0.2) is 189 Å². The van der Waals surface area contributed by atoms with E-state index in [-0.39, 0.29) is 5.92 Å². The molecule has 6 aromatic carbocycles. The lowest BCUT2D eigenvalue weighted by molar-refractivity contribution is 0.863. The lowest BCUT2D eigenvalue weighted by atomic mass is 9.96. The van der Waals surface area contributed by atoms with Crippen LogP contribution in [0.4, 0.5) is 11.4 Å². The first-order chi connectivity index (χ1) is 21.3. The Hall–Kier alpha value is -5.40. The van der Waals surface area contributed by atoms with Crippen LogP contribution < -0.4 is 4.90 Å². The number of allylic oxidation sites excluding steroid dienone is 2. The summed E-state index contributed by atoms with van der Waals surface area (Å²) in [6.07, 6.45) is 7.36. The van der Waals surface area contributed by atoms with E-state index in [2.05, 4.69) is 188 Å². The van der Waals surface area contributed by atoms with E-state index in [1.54, 1.807) is 0 Å². The highest BCUT2D eigenvalue weighted by Gasteiger charge is 2.10. The average Bonchev–Trinajstić information content (AvgIpc) is 3.10. The molecule has 0 bridgehead atoms. The average molecular weight is 554 g/mol. The number of rotatable bonds is 10. The molecule has 0 fully saturated rings. The SMILES string of the molecule is C=CC(C/C=C/N(c1ccc(-c2ccccc2)cc1)c1ccc(-c2ccc(-c3ccccc3)cc2)cc1)c1ccccc1. The molecule has 0 N–H and O–H groups in total. The van der Waals surface area contributed by atoms with Crippen LogP contribution in [0.3, 0.4) is 0 Å². The van der Waals surface area contributed by atoms with Crippen molar-refractivity contribution in [1.29, 1.82) is 0 Å². The fraction of sp³-hybridized carbons (Fsp3) is 0.0476. The number of benzene rings is 6. The molecule has 1 unspecified atom stereocenters. The Morgan fingerprint density at radius 1 is 0.442 bits per heavy atom. The van der Waals surface area contributed by atoms with Gasteiger partial charge in [-0.15, -0.1) is 6.58 Å². The van der Waals surface area contributed by atoms with Gasteiger partial charge < -0.3 is 4.90 Å². The second-order valence-corrected chi connectivity index (χ2v) is 10.6. The first-order valence-corrected chi connectivity index (χ1v) is 14.8.